The SMILES string of the molecule is CC[C@@H]1C(O)[C@H](n2ccc(=O)[nH]c2=O)O[C@@H]1CC. The second kappa shape index (κ2) is 5.07. The molecule has 6 heteroatoms. The molecule has 1 unspecified atom stereocenters. The number of rotatable bonds is 3. The molecule has 1 fully saturated rings. The Balaban J connectivity index is 2.34. The van der Waals surface area contributed by atoms with Crippen LogP contribution in [-0.4, -0.2) is 26.9 Å². The number of aliphatic hydroxyl groups is 1. The maximum Gasteiger partial charge on any atom is 0.330 e. The van der Waals surface area contributed by atoms with Crippen LogP contribution in [-0.2, 0) is 4.74 Å². The van der Waals surface area contributed by atoms with Gasteiger partial charge in [-0.15, -0.1) is 0 Å². The predicted octanol–water partition coefficient (Wildman–Crippen LogP) is 0.231. The van der Waals surface area contributed by atoms with E-state index < -0.39 is 23.6 Å². The van der Waals surface area contributed by atoms with Gasteiger partial charge in [0.05, 0.1) is 6.10 Å². The van der Waals surface area contributed by atoms with Crippen LogP contribution in [0.4, 0.5) is 0 Å². The molecule has 0 radical (unpaired) electrons. The minimum atomic E-state index is -0.733. The van der Waals surface area contributed by atoms with Gasteiger partial charge in [0.15, 0.2) is 6.23 Å². The molecular formula is C12H18N2O4. The van der Waals surface area contributed by atoms with Gasteiger partial charge in [0.1, 0.15) is 6.10 Å². The van der Waals surface area contributed by atoms with E-state index in [4.69, 9.17) is 4.74 Å². The van der Waals surface area contributed by atoms with Gasteiger partial charge in [0, 0.05) is 18.2 Å². The number of hydrogen-bond donors (Lipinski definition) is 2. The Bertz CT molecular complexity index is 521. The van der Waals surface area contributed by atoms with Gasteiger partial charge in [0.25, 0.3) is 5.56 Å². The summed E-state index contributed by atoms with van der Waals surface area (Å²) in [4.78, 5) is 24.8. The first kappa shape index (κ1) is 13.0. The Morgan fingerprint density at radius 2 is 2.11 bits per heavy atom. The van der Waals surface area contributed by atoms with E-state index in [2.05, 4.69) is 4.98 Å². The number of ether oxygens (including phenoxy) is 1. The van der Waals surface area contributed by atoms with Gasteiger partial charge in [-0.1, -0.05) is 13.8 Å². The van der Waals surface area contributed by atoms with Crippen LogP contribution in [0.15, 0.2) is 21.9 Å². The molecule has 0 amide bonds. The van der Waals surface area contributed by atoms with E-state index in [0.29, 0.717) is 0 Å². The van der Waals surface area contributed by atoms with Gasteiger partial charge in [-0.2, -0.15) is 0 Å². The van der Waals surface area contributed by atoms with Crippen molar-refractivity contribution in [3.05, 3.63) is 33.1 Å². The fourth-order valence-corrected chi connectivity index (χ4v) is 2.55. The highest BCUT2D eigenvalue weighted by Crippen LogP contribution is 2.36. The van der Waals surface area contributed by atoms with Crippen LogP contribution in [0.1, 0.15) is 32.9 Å². The Morgan fingerprint density at radius 1 is 1.39 bits per heavy atom. The average Bonchev–Trinajstić information content (AvgIpc) is 2.66. The zero-order chi connectivity index (χ0) is 13.3. The van der Waals surface area contributed by atoms with Crippen LogP contribution in [0.5, 0.6) is 0 Å². The molecule has 100 valence electrons. The number of nitrogens with zero attached hydrogens (tertiary/aromatic N) is 1. The van der Waals surface area contributed by atoms with Crippen molar-refractivity contribution >= 4 is 0 Å². The molecule has 1 aromatic rings. The number of aromatic amines is 1. The molecular weight excluding hydrogens is 236 g/mol. The van der Waals surface area contributed by atoms with Crippen LogP contribution in [0, 0.1) is 5.92 Å². The molecule has 1 saturated heterocycles. The Hall–Kier alpha value is -1.40. The van der Waals surface area contributed by atoms with E-state index in [1.807, 2.05) is 13.8 Å². The van der Waals surface area contributed by atoms with Crippen molar-refractivity contribution in [3.63, 3.8) is 0 Å². The van der Waals surface area contributed by atoms with Crippen molar-refractivity contribution < 1.29 is 9.84 Å². The zero-order valence-electron chi connectivity index (χ0n) is 10.5. The Kier molecular flexibility index (Phi) is 3.68. The van der Waals surface area contributed by atoms with Crippen molar-refractivity contribution in [1.82, 2.24) is 9.55 Å². The summed E-state index contributed by atoms with van der Waals surface area (Å²) in [5, 5.41) is 10.2. The molecule has 2 rings (SSSR count). The second-order valence-electron chi connectivity index (χ2n) is 4.55. The molecule has 6 nitrogen and oxygen atoms in total. The summed E-state index contributed by atoms with van der Waals surface area (Å²) in [6, 6.07) is 1.25. The van der Waals surface area contributed by atoms with Gasteiger partial charge < -0.3 is 9.84 Å². The standard InChI is InChI=1S/C12H18N2O4/c1-3-7-8(4-2)18-11(10(7)16)14-6-5-9(15)13-12(14)17/h5-8,10-11,16H,3-4H2,1-2H3,(H,13,15,17)/t7-,8+,10?,11+/m0/s1. The van der Waals surface area contributed by atoms with E-state index in [9.17, 15) is 14.7 Å². The molecule has 2 heterocycles. The normalized spacial score (nSPS) is 31.7. The molecule has 1 aromatic heterocycles. The quantitative estimate of drug-likeness (QED) is 0.808. The molecule has 2 N–H and O–H groups in total. The van der Waals surface area contributed by atoms with Crippen LogP contribution < -0.4 is 11.2 Å². The van der Waals surface area contributed by atoms with Crippen molar-refractivity contribution in [1.29, 1.82) is 0 Å². The minimum absolute atomic E-state index is 0.0128. The van der Waals surface area contributed by atoms with Gasteiger partial charge in [-0.05, 0) is 12.8 Å². The summed E-state index contributed by atoms with van der Waals surface area (Å²) in [7, 11) is 0. The predicted molar refractivity (Wildman–Crippen MR) is 65.3 cm³/mol. The highest BCUT2D eigenvalue weighted by molar-refractivity contribution is 4.92. The first-order valence-corrected chi connectivity index (χ1v) is 6.23. The largest absolute Gasteiger partial charge is 0.388 e. The van der Waals surface area contributed by atoms with Crippen LogP contribution in [0.2, 0.25) is 0 Å². The second-order valence-corrected chi connectivity index (χ2v) is 4.55. The molecule has 0 aromatic carbocycles. The molecule has 0 spiro atoms. The third-order valence-corrected chi connectivity index (χ3v) is 3.52. The number of H-pyrrole nitrogens is 1. The number of nitrogens with one attached hydrogen (secondary N) is 1. The Labute approximate surface area is 104 Å². The molecule has 0 bridgehead atoms. The van der Waals surface area contributed by atoms with E-state index in [1.165, 1.54) is 16.8 Å². The summed E-state index contributed by atoms with van der Waals surface area (Å²) in [5.41, 5.74) is -1.01. The number of hydrogen-bond acceptors (Lipinski definition) is 4. The van der Waals surface area contributed by atoms with Gasteiger partial charge in [0.2, 0.25) is 0 Å². The minimum Gasteiger partial charge on any atom is -0.388 e. The molecule has 1 aliphatic heterocycles. The highest BCUT2D eigenvalue weighted by Gasteiger charge is 2.42. The number of aromatic nitrogens is 2. The Morgan fingerprint density at radius 3 is 2.61 bits per heavy atom. The maximum absolute atomic E-state index is 11.7. The van der Waals surface area contributed by atoms with Gasteiger partial charge in [-0.3, -0.25) is 14.3 Å². The van der Waals surface area contributed by atoms with E-state index in [-0.39, 0.29) is 12.0 Å². The van der Waals surface area contributed by atoms with Crippen molar-refractivity contribution in [2.45, 2.75) is 45.1 Å². The third kappa shape index (κ3) is 2.13. The van der Waals surface area contributed by atoms with Crippen LogP contribution in [0.25, 0.3) is 0 Å². The topological polar surface area (TPSA) is 84.3 Å². The lowest BCUT2D eigenvalue weighted by Crippen LogP contribution is -2.36. The fraction of sp³-hybridized carbons (Fsp3) is 0.667. The van der Waals surface area contributed by atoms with Crippen LogP contribution in [0.3, 0.4) is 0 Å². The highest BCUT2D eigenvalue weighted by atomic mass is 16.5. The average molecular weight is 254 g/mol. The summed E-state index contributed by atoms with van der Waals surface area (Å²) in [6.07, 6.45) is 1.42. The van der Waals surface area contributed by atoms with Crippen molar-refractivity contribution in [2.75, 3.05) is 0 Å². The van der Waals surface area contributed by atoms with E-state index >= 15 is 0 Å². The lowest BCUT2D eigenvalue weighted by Gasteiger charge is -2.18. The smallest absolute Gasteiger partial charge is 0.330 e. The molecule has 4 atom stereocenters. The number of aliphatic hydroxyl groups excluding tert-OH is 1. The van der Waals surface area contributed by atoms with E-state index in [1.54, 1.807) is 0 Å². The van der Waals surface area contributed by atoms with Crippen molar-refractivity contribution in [3.8, 4) is 0 Å². The maximum atomic E-state index is 11.7. The van der Waals surface area contributed by atoms with E-state index in [0.717, 1.165) is 12.8 Å². The zero-order valence-corrected chi connectivity index (χ0v) is 10.5. The summed E-state index contributed by atoms with van der Waals surface area (Å²) < 4.78 is 6.96. The molecule has 0 saturated carbocycles. The third-order valence-electron chi connectivity index (χ3n) is 3.52. The molecule has 0 aliphatic carbocycles. The fourth-order valence-electron chi connectivity index (χ4n) is 2.55. The van der Waals surface area contributed by atoms with Gasteiger partial charge in [-0.25, -0.2) is 4.79 Å². The van der Waals surface area contributed by atoms with Crippen molar-refractivity contribution in [2.24, 2.45) is 5.92 Å². The lowest BCUT2D eigenvalue weighted by molar-refractivity contribution is -0.0404. The summed E-state index contributed by atoms with van der Waals surface area (Å²) in [6.45, 7) is 3.97. The molecule has 1 aliphatic rings. The van der Waals surface area contributed by atoms with Gasteiger partial charge >= 0.3 is 5.69 Å². The summed E-state index contributed by atoms with van der Waals surface area (Å²) in [5.74, 6) is 0.0128. The lowest BCUT2D eigenvalue weighted by atomic mass is 9.94. The monoisotopic (exact) mass is 254 g/mol. The van der Waals surface area contributed by atoms with Crippen LogP contribution >= 0.6 is 0 Å². The molecule has 18 heavy (non-hydrogen) atoms. The first-order chi connectivity index (χ1) is 8.58. The summed E-state index contributed by atoms with van der Waals surface area (Å²) >= 11 is 0. The first-order valence-electron chi connectivity index (χ1n) is 6.23.